The van der Waals surface area contributed by atoms with Gasteiger partial charge in [-0.05, 0) is 122 Å². The number of amides is 2. The number of aryl methyl sites for hydroxylation is 1. The molecule has 0 aromatic heterocycles. The Morgan fingerprint density at radius 1 is 0.524 bits per heavy atom. The fourth-order valence-electron chi connectivity index (χ4n) is 6.79. The molecule has 5 aromatic rings. The van der Waals surface area contributed by atoms with Gasteiger partial charge in [0, 0.05) is 23.9 Å². The summed E-state index contributed by atoms with van der Waals surface area (Å²) in [6, 6.07) is 27.7. The summed E-state index contributed by atoms with van der Waals surface area (Å²) in [5, 5.41) is 24.3. The molecule has 0 saturated heterocycles. The minimum absolute atomic E-state index is 0.0575. The van der Waals surface area contributed by atoms with Crippen molar-refractivity contribution in [2.75, 3.05) is 32.2 Å². The molecule has 0 bridgehead atoms. The van der Waals surface area contributed by atoms with Crippen molar-refractivity contribution < 1.29 is 53.2 Å². The predicted octanol–water partition coefficient (Wildman–Crippen LogP) is 9.66. The first-order valence-electron chi connectivity index (χ1n) is 21.0. The van der Waals surface area contributed by atoms with Crippen LogP contribution in [0, 0.1) is 6.92 Å². The van der Waals surface area contributed by atoms with Gasteiger partial charge in [0.15, 0.2) is 5.78 Å². The van der Waals surface area contributed by atoms with E-state index in [1.54, 1.807) is 13.0 Å². The lowest BCUT2D eigenvalue weighted by Gasteiger charge is -2.12. The molecule has 0 radical (unpaired) electrons. The molecule has 0 spiro atoms. The van der Waals surface area contributed by atoms with Gasteiger partial charge in [-0.3, -0.25) is 14.4 Å². The number of nitrogens with one attached hydrogen (secondary N) is 2. The fourth-order valence-corrected chi connectivity index (χ4v) is 6.79. The Morgan fingerprint density at radius 3 is 1.56 bits per heavy atom. The van der Waals surface area contributed by atoms with E-state index in [1.807, 2.05) is 36.4 Å². The number of hydrogen-bond acceptors (Lipinski definition) is 9. The van der Waals surface area contributed by atoms with Gasteiger partial charge >= 0.3 is 17.9 Å². The first kappa shape index (κ1) is 46.8. The second-order valence-corrected chi connectivity index (χ2v) is 14.9. The lowest BCUT2D eigenvalue weighted by molar-refractivity contribution is 0.0495. The Labute approximate surface area is 366 Å². The molecule has 13 nitrogen and oxygen atoms in total. The number of aromatic carboxylic acids is 2. The molecule has 4 N–H and O–H groups in total. The van der Waals surface area contributed by atoms with Crippen LogP contribution >= 0.6 is 0 Å². The molecule has 0 aliphatic rings. The van der Waals surface area contributed by atoms with E-state index in [2.05, 4.69) is 29.7 Å². The number of ketones is 1. The van der Waals surface area contributed by atoms with Crippen LogP contribution < -0.4 is 20.1 Å². The molecule has 328 valence electrons. The van der Waals surface area contributed by atoms with Crippen molar-refractivity contribution in [3.63, 3.8) is 0 Å². The van der Waals surface area contributed by atoms with Crippen molar-refractivity contribution in [1.82, 2.24) is 5.32 Å². The SMILES string of the molecule is CCCCCCOc1ccc(-c2ccc(OCCCCCCOC(=O)c3ccc(NC(=O)c4ccc(C(=O)c5ccc(C(=O)O)c(C(=O)NC)c5)cc4C(=O)O)cc3C)cc2)cc1. The van der Waals surface area contributed by atoms with E-state index >= 15 is 0 Å². The monoisotopic (exact) mass is 856 g/mol. The Kier molecular flexibility index (Phi) is 17.1. The Balaban J connectivity index is 1.04. The molecule has 63 heavy (non-hydrogen) atoms. The van der Waals surface area contributed by atoms with E-state index in [0.717, 1.165) is 73.1 Å². The molecular formula is C50H52N2O11. The van der Waals surface area contributed by atoms with Crippen LogP contribution in [0.1, 0.15) is 132 Å². The molecule has 5 aromatic carbocycles. The van der Waals surface area contributed by atoms with Crippen LogP contribution in [0.2, 0.25) is 0 Å². The highest BCUT2D eigenvalue weighted by Crippen LogP contribution is 2.26. The number of esters is 1. The third kappa shape index (κ3) is 13.1. The fraction of sp³-hybridized carbons (Fsp3) is 0.280. The number of unbranched alkanes of at least 4 members (excludes halogenated alkanes) is 6. The van der Waals surface area contributed by atoms with Crippen molar-refractivity contribution in [3.8, 4) is 22.6 Å². The number of carbonyl (C=O) groups is 6. The average Bonchev–Trinajstić information content (AvgIpc) is 3.29. The maximum atomic E-state index is 13.3. The standard InChI is InChI=1S/C50H52N2O11/c1-4-5-6-9-26-61-38-19-12-33(13-20-38)34-14-21-39(22-15-34)62-27-10-7-8-11-28-63-50(60)40-25-18-37(29-32(40)2)52-47(55)41-23-16-36(31-44(41)49(58)59)45(53)35-17-24-42(48(56)57)43(30-35)46(54)51-3/h12-25,29-31H,4-11,26-28H2,1-3H3,(H,51,54)(H,52,55)(H,56,57)(H,58,59). The van der Waals surface area contributed by atoms with E-state index in [0.29, 0.717) is 29.8 Å². The number of anilines is 1. The minimum Gasteiger partial charge on any atom is -0.494 e. The van der Waals surface area contributed by atoms with Crippen molar-refractivity contribution in [1.29, 1.82) is 0 Å². The first-order valence-corrected chi connectivity index (χ1v) is 21.0. The van der Waals surface area contributed by atoms with E-state index in [4.69, 9.17) is 14.2 Å². The van der Waals surface area contributed by atoms with Crippen molar-refractivity contribution >= 4 is 41.2 Å². The quantitative estimate of drug-likeness (QED) is 0.0278. The second-order valence-electron chi connectivity index (χ2n) is 14.9. The largest absolute Gasteiger partial charge is 0.494 e. The molecule has 2 amide bonds. The summed E-state index contributed by atoms with van der Waals surface area (Å²) in [6.45, 7) is 5.43. The Hall–Kier alpha value is -7.28. The van der Waals surface area contributed by atoms with E-state index in [1.165, 1.54) is 56.6 Å². The maximum absolute atomic E-state index is 13.3. The molecule has 0 aliphatic heterocycles. The van der Waals surface area contributed by atoms with Crippen LogP contribution in [0.4, 0.5) is 5.69 Å². The summed E-state index contributed by atoms with van der Waals surface area (Å²) in [7, 11) is 1.31. The van der Waals surface area contributed by atoms with E-state index < -0.39 is 41.1 Å². The minimum atomic E-state index is -1.47. The molecule has 0 aliphatic carbocycles. The number of hydrogen-bond donors (Lipinski definition) is 4. The number of carboxylic acid groups (broad SMARTS) is 2. The van der Waals surface area contributed by atoms with Gasteiger partial charge < -0.3 is 35.1 Å². The predicted molar refractivity (Wildman–Crippen MR) is 239 cm³/mol. The lowest BCUT2D eigenvalue weighted by Crippen LogP contribution is -2.22. The van der Waals surface area contributed by atoms with Gasteiger partial charge in [0.1, 0.15) is 11.5 Å². The number of carboxylic acids is 2. The van der Waals surface area contributed by atoms with Gasteiger partial charge in [-0.2, -0.15) is 0 Å². The third-order valence-electron chi connectivity index (χ3n) is 10.3. The maximum Gasteiger partial charge on any atom is 0.338 e. The van der Waals surface area contributed by atoms with Crippen molar-refractivity contribution in [2.45, 2.75) is 65.2 Å². The topological polar surface area (TPSA) is 195 Å². The lowest BCUT2D eigenvalue weighted by atomic mass is 9.95. The highest BCUT2D eigenvalue weighted by Gasteiger charge is 2.23. The summed E-state index contributed by atoms with van der Waals surface area (Å²) >= 11 is 0. The Bertz CT molecular complexity index is 2420. The van der Waals surface area contributed by atoms with Crippen LogP contribution in [0.25, 0.3) is 11.1 Å². The van der Waals surface area contributed by atoms with Crippen molar-refractivity contribution in [3.05, 3.63) is 148 Å². The highest BCUT2D eigenvalue weighted by atomic mass is 16.5. The molecular weight excluding hydrogens is 805 g/mol. The number of ether oxygens (including phenoxy) is 3. The molecule has 13 heteroatoms. The van der Waals surface area contributed by atoms with Crippen LogP contribution in [-0.2, 0) is 4.74 Å². The normalized spacial score (nSPS) is 10.7. The number of rotatable bonds is 23. The first-order chi connectivity index (χ1) is 30.4. The zero-order valence-corrected chi connectivity index (χ0v) is 35.7. The van der Waals surface area contributed by atoms with Crippen LogP contribution in [-0.4, -0.2) is 72.6 Å². The smallest absolute Gasteiger partial charge is 0.338 e. The zero-order valence-electron chi connectivity index (χ0n) is 35.7. The molecule has 0 saturated carbocycles. The third-order valence-corrected chi connectivity index (χ3v) is 10.3. The molecule has 0 unspecified atom stereocenters. The summed E-state index contributed by atoms with van der Waals surface area (Å²) in [5.74, 6) is -3.83. The average molecular weight is 857 g/mol. The van der Waals surface area contributed by atoms with E-state index in [-0.39, 0.29) is 34.4 Å². The molecule has 0 atom stereocenters. The van der Waals surface area contributed by atoms with Crippen LogP contribution in [0.5, 0.6) is 11.5 Å². The van der Waals surface area contributed by atoms with E-state index in [9.17, 15) is 39.0 Å². The van der Waals surface area contributed by atoms with Crippen LogP contribution in [0.3, 0.4) is 0 Å². The number of carbonyl (C=O) groups excluding carboxylic acids is 4. The summed E-state index contributed by atoms with van der Waals surface area (Å²) in [5.41, 5.74) is 1.95. The molecule has 5 rings (SSSR count). The van der Waals surface area contributed by atoms with Gasteiger partial charge in [-0.25, -0.2) is 14.4 Å². The molecule has 0 heterocycles. The number of benzene rings is 5. The second kappa shape index (κ2) is 23.1. The molecule has 0 fully saturated rings. The van der Waals surface area contributed by atoms with Crippen LogP contribution in [0.15, 0.2) is 103 Å². The summed E-state index contributed by atoms with van der Waals surface area (Å²) in [4.78, 5) is 75.5. The van der Waals surface area contributed by atoms with Gasteiger partial charge in [0.05, 0.1) is 47.6 Å². The Morgan fingerprint density at radius 2 is 1.03 bits per heavy atom. The van der Waals surface area contributed by atoms with Gasteiger partial charge in [0.2, 0.25) is 0 Å². The van der Waals surface area contributed by atoms with Gasteiger partial charge in [0.25, 0.3) is 11.8 Å². The summed E-state index contributed by atoms with van der Waals surface area (Å²) in [6.07, 6.45) is 7.99. The zero-order chi connectivity index (χ0) is 45.3. The van der Waals surface area contributed by atoms with Crippen molar-refractivity contribution in [2.24, 2.45) is 0 Å². The summed E-state index contributed by atoms with van der Waals surface area (Å²) < 4.78 is 17.3. The highest BCUT2D eigenvalue weighted by molar-refractivity contribution is 6.15. The van der Waals surface area contributed by atoms with Gasteiger partial charge in [-0.1, -0.05) is 62.6 Å². The van der Waals surface area contributed by atoms with Gasteiger partial charge in [-0.15, -0.1) is 0 Å².